The molecule has 0 bridgehead atoms. The van der Waals surface area contributed by atoms with Crippen molar-refractivity contribution in [2.24, 2.45) is 11.5 Å². The van der Waals surface area contributed by atoms with Gasteiger partial charge in [0.2, 0.25) is 0 Å². The van der Waals surface area contributed by atoms with E-state index >= 15 is 0 Å². The van der Waals surface area contributed by atoms with Crippen molar-refractivity contribution in [2.75, 3.05) is 5.32 Å². The first-order chi connectivity index (χ1) is 12.0. The van der Waals surface area contributed by atoms with Crippen LogP contribution in [0.1, 0.15) is 10.4 Å². The number of hydrogen-bond donors (Lipinski definition) is 5. The van der Waals surface area contributed by atoms with Gasteiger partial charge in [-0.05, 0) is 40.8 Å². The molecule has 0 saturated heterocycles. The van der Waals surface area contributed by atoms with E-state index in [4.69, 9.17) is 11.5 Å². The fraction of sp³-hybridized carbons (Fsp3) is 0. The van der Waals surface area contributed by atoms with Gasteiger partial charge in [-0.1, -0.05) is 18.2 Å². The van der Waals surface area contributed by atoms with E-state index in [0.717, 1.165) is 22.0 Å². The molecular formula is C18H15N5O2. The van der Waals surface area contributed by atoms with Crippen LogP contribution in [0.15, 0.2) is 48.7 Å². The quantitative estimate of drug-likeness (QED) is 0.395. The average molecular weight is 333 g/mol. The number of anilines is 1. The normalized spacial score (nSPS) is 11.0. The lowest BCUT2D eigenvalue weighted by atomic mass is 10.0. The van der Waals surface area contributed by atoms with Crippen molar-refractivity contribution in [2.45, 2.75) is 0 Å². The molecule has 0 unspecified atom stereocenters. The van der Waals surface area contributed by atoms with Gasteiger partial charge in [-0.15, -0.1) is 0 Å². The Morgan fingerprint density at radius 2 is 1.68 bits per heavy atom. The molecule has 7 heteroatoms. The van der Waals surface area contributed by atoms with Crippen LogP contribution >= 0.6 is 0 Å². The van der Waals surface area contributed by atoms with Crippen molar-refractivity contribution in [1.29, 1.82) is 0 Å². The van der Waals surface area contributed by atoms with Gasteiger partial charge >= 0.3 is 6.03 Å². The molecule has 0 saturated carbocycles. The second-order valence-corrected chi connectivity index (χ2v) is 5.77. The number of aromatic nitrogens is 2. The summed E-state index contributed by atoms with van der Waals surface area (Å²) in [5.74, 6) is -0.440. The van der Waals surface area contributed by atoms with E-state index in [-0.39, 0.29) is 11.4 Å². The highest BCUT2D eigenvalue weighted by molar-refractivity contribution is 6.13. The van der Waals surface area contributed by atoms with Gasteiger partial charge in [-0.2, -0.15) is 0 Å². The molecule has 0 aliphatic carbocycles. The first-order valence-electron chi connectivity index (χ1n) is 7.62. The van der Waals surface area contributed by atoms with Crippen LogP contribution in [0.25, 0.3) is 32.9 Å². The third kappa shape index (κ3) is 2.47. The zero-order valence-corrected chi connectivity index (χ0v) is 13.1. The van der Waals surface area contributed by atoms with Crippen molar-refractivity contribution in [3.8, 4) is 11.1 Å². The van der Waals surface area contributed by atoms with Crippen molar-refractivity contribution in [1.82, 2.24) is 9.97 Å². The summed E-state index contributed by atoms with van der Waals surface area (Å²) >= 11 is 0. The second kappa shape index (κ2) is 5.41. The summed E-state index contributed by atoms with van der Waals surface area (Å²) < 4.78 is 0. The van der Waals surface area contributed by atoms with Crippen LogP contribution in [0.5, 0.6) is 0 Å². The summed E-state index contributed by atoms with van der Waals surface area (Å²) in [6.45, 7) is 0. The molecule has 25 heavy (non-hydrogen) atoms. The second-order valence-electron chi connectivity index (χ2n) is 5.77. The number of H-pyrrole nitrogens is 2. The molecule has 124 valence electrons. The number of rotatable bonds is 3. The Morgan fingerprint density at radius 1 is 0.920 bits per heavy atom. The fourth-order valence-electron chi connectivity index (χ4n) is 3.08. The van der Waals surface area contributed by atoms with Gasteiger partial charge in [0.15, 0.2) is 0 Å². The van der Waals surface area contributed by atoms with Crippen LogP contribution < -0.4 is 16.8 Å². The van der Waals surface area contributed by atoms with E-state index in [9.17, 15) is 9.59 Å². The Balaban J connectivity index is 1.87. The predicted molar refractivity (Wildman–Crippen MR) is 97.3 cm³/mol. The van der Waals surface area contributed by atoms with Gasteiger partial charge in [0.25, 0.3) is 5.91 Å². The Kier molecular flexibility index (Phi) is 3.21. The summed E-state index contributed by atoms with van der Waals surface area (Å²) in [6, 6.07) is 13.0. The van der Waals surface area contributed by atoms with Crippen LogP contribution in [0.3, 0.4) is 0 Å². The van der Waals surface area contributed by atoms with E-state index in [1.54, 1.807) is 6.07 Å². The number of fused-ring (bicyclic) bond motifs is 2. The van der Waals surface area contributed by atoms with Crippen molar-refractivity contribution < 1.29 is 9.59 Å². The smallest absolute Gasteiger partial charge is 0.317 e. The van der Waals surface area contributed by atoms with E-state index in [1.165, 1.54) is 0 Å². The van der Waals surface area contributed by atoms with Crippen molar-refractivity contribution in [3.63, 3.8) is 0 Å². The Bertz CT molecular complexity index is 1140. The molecule has 4 rings (SSSR count). The fourth-order valence-corrected chi connectivity index (χ4v) is 3.08. The van der Waals surface area contributed by atoms with Crippen LogP contribution in [0, 0.1) is 0 Å². The zero-order chi connectivity index (χ0) is 17.6. The highest BCUT2D eigenvalue weighted by Crippen LogP contribution is 2.31. The molecular weight excluding hydrogens is 318 g/mol. The molecule has 0 aliphatic heterocycles. The number of hydrogen-bond acceptors (Lipinski definition) is 2. The maximum atomic E-state index is 11.8. The molecule has 0 spiro atoms. The van der Waals surface area contributed by atoms with Gasteiger partial charge in [-0.3, -0.25) is 10.1 Å². The summed E-state index contributed by atoms with van der Waals surface area (Å²) in [5.41, 5.74) is 14.6. The Hall–Kier alpha value is -3.74. The number of aromatic amines is 2. The van der Waals surface area contributed by atoms with Gasteiger partial charge in [0.05, 0.1) is 5.56 Å². The predicted octanol–water partition coefficient (Wildman–Crippen LogP) is 2.91. The monoisotopic (exact) mass is 333 g/mol. The topological polar surface area (TPSA) is 130 Å². The Morgan fingerprint density at radius 3 is 2.44 bits per heavy atom. The number of nitrogens with one attached hydrogen (secondary N) is 3. The summed E-state index contributed by atoms with van der Waals surface area (Å²) in [7, 11) is 0. The zero-order valence-electron chi connectivity index (χ0n) is 13.1. The van der Waals surface area contributed by atoms with Gasteiger partial charge in [0, 0.05) is 22.6 Å². The first-order valence-corrected chi connectivity index (χ1v) is 7.62. The van der Waals surface area contributed by atoms with Crippen LogP contribution in [-0.2, 0) is 0 Å². The summed E-state index contributed by atoms with van der Waals surface area (Å²) in [4.78, 5) is 29.1. The number of nitrogens with two attached hydrogens (primary N) is 2. The minimum atomic E-state index is -0.771. The lowest BCUT2D eigenvalue weighted by Crippen LogP contribution is -2.22. The number of carbonyl (C=O) groups excluding carboxylic acids is 2. The van der Waals surface area contributed by atoms with E-state index in [1.807, 2.05) is 36.5 Å². The average Bonchev–Trinajstić information content (AvgIpc) is 3.16. The minimum absolute atomic E-state index is 0.202. The highest BCUT2D eigenvalue weighted by Gasteiger charge is 2.17. The number of amides is 3. The molecule has 0 radical (unpaired) electrons. The molecule has 0 aliphatic rings. The Labute approximate surface area is 142 Å². The summed E-state index contributed by atoms with van der Waals surface area (Å²) in [6.07, 6.45) is 1.89. The van der Waals surface area contributed by atoms with Gasteiger partial charge in [0.1, 0.15) is 5.82 Å². The van der Waals surface area contributed by atoms with Crippen molar-refractivity contribution in [3.05, 3.63) is 54.2 Å². The molecule has 4 aromatic rings. The lowest BCUT2D eigenvalue weighted by Gasteiger charge is -2.03. The number of carbonyl (C=O) groups is 2. The largest absolute Gasteiger partial charge is 0.365 e. The molecule has 0 fully saturated rings. The third-order valence-corrected chi connectivity index (χ3v) is 4.18. The maximum Gasteiger partial charge on any atom is 0.317 e. The van der Waals surface area contributed by atoms with Gasteiger partial charge < -0.3 is 21.4 Å². The molecule has 7 N–H and O–H groups in total. The van der Waals surface area contributed by atoms with Gasteiger partial charge in [-0.25, -0.2) is 4.79 Å². The molecule has 2 aromatic heterocycles. The molecule has 3 amide bonds. The molecule has 2 heterocycles. The standard InChI is InChI=1S/C18H15N5O2/c19-16(24)15-12-3-1-10(8-14(12)22-17(15)23-18(20)25)9-2-4-13-11(7-9)5-6-21-13/h1-8,21-22H,(H2,19,24)(H3,20,23,25). The molecule has 7 nitrogen and oxygen atoms in total. The summed E-state index contributed by atoms with van der Waals surface area (Å²) in [5, 5.41) is 4.14. The number of primary amides is 2. The highest BCUT2D eigenvalue weighted by atomic mass is 16.2. The van der Waals surface area contributed by atoms with E-state index < -0.39 is 11.9 Å². The number of urea groups is 1. The SMILES string of the molecule is NC(=O)Nc1[nH]c2cc(-c3ccc4[nH]ccc4c3)ccc2c1C(N)=O. The van der Waals surface area contributed by atoms with Crippen LogP contribution in [0.2, 0.25) is 0 Å². The first kappa shape index (κ1) is 14.8. The lowest BCUT2D eigenvalue weighted by molar-refractivity contribution is 0.100. The van der Waals surface area contributed by atoms with Crippen LogP contribution in [-0.4, -0.2) is 21.9 Å². The van der Waals surface area contributed by atoms with E-state index in [0.29, 0.717) is 10.9 Å². The number of benzene rings is 2. The maximum absolute atomic E-state index is 11.8. The van der Waals surface area contributed by atoms with E-state index in [2.05, 4.69) is 21.4 Å². The minimum Gasteiger partial charge on any atom is -0.365 e. The molecule has 2 aromatic carbocycles. The van der Waals surface area contributed by atoms with Crippen molar-refractivity contribution >= 4 is 39.6 Å². The molecule has 0 atom stereocenters. The van der Waals surface area contributed by atoms with Crippen LogP contribution in [0.4, 0.5) is 10.6 Å². The third-order valence-electron chi connectivity index (χ3n) is 4.18.